The fourth-order valence-corrected chi connectivity index (χ4v) is 2.63. The maximum absolute atomic E-state index is 12.0. The van der Waals surface area contributed by atoms with Gasteiger partial charge in [-0.15, -0.1) is 0 Å². The molecule has 0 aliphatic heterocycles. The Morgan fingerprint density at radius 3 is 2.85 bits per heavy atom. The molecule has 0 aromatic carbocycles. The van der Waals surface area contributed by atoms with Gasteiger partial charge < -0.3 is 10.3 Å². The number of anilines is 1. The molecule has 0 unspecified atom stereocenters. The van der Waals surface area contributed by atoms with Gasteiger partial charge in [-0.25, -0.2) is 18.1 Å². The monoisotopic (exact) mass is 317 g/mol. The van der Waals surface area contributed by atoms with E-state index in [1.54, 1.807) is 6.92 Å². The van der Waals surface area contributed by atoms with Crippen LogP contribution in [0.2, 0.25) is 5.02 Å². The topological polar surface area (TPSA) is 124 Å². The smallest absolute Gasteiger partial charge is 0.242 e. The van der Waals surface area contributed by atoms with Crippen LogP contribution in [0.15, 0.2) is 21.7 Å². The van der Waals surface area contributed by atoms with E-state index >= 15 is 0 Å². The molecular formula is C10H12ClN5O3S. The number of hydrogen-bond donors (Lipinski definition) is 2. The molecular weight excluding hydrogens is 306 g/mol. The number of nitrogens with zero attached hydrogens (tertiary/aromatic N) is 3. The van der Waals surface area contributed by atoms with Gasteiger partial charge in [0.2, 0.25) is 15.9 Å². The lowest BCUT2D eigenvalue weighted by Gasteiger charge is -2.06. The Hall–Kier alpha value is -1.71. The van der Waals surface area contributed by atoms with Crippen molar-refractivity contribution < 1.29 is 12.9 Å². The molecule has 0 aliphatic carbocycles. The molecule has 10 heteroatoms. The summed E-state index contributed by atoms with van der Waals surface area (Å²) in [5.41, 5.74) is 5.43. The Labute approximate surface area is 120 Å². The van der Waals surface area contributed by atoms with Crippen LogP contribution in [-0.2, 0) is 16.4 Å². The lowest BCUT2D eigenvalue weighted by Crippen LogP contribution is -2.26. The summed E-state index contributed by atoms with van der Waals surface area (Å²) in [5.74, 6) is 0.934. The molecule has 3 N–H and O–H groups in total. The van der Waals surface area contributed by atoms with Gasteiger partial charge >= 0.3 is 0 Å². The highest BCUT2D eigenvalue weighted by molar-refractivity contribution is 7.89. The first-order valence-corrected chi connectivity index (χ1v) is 7.44. The number of nitrogens with one attached hydrogen (secondary N) is 1. The van der Waals surface area contributed by atoms with E-state index in [1.807, 2.05) is 0 Å². The molecule has 0 bridgehead atoms. The predicted molar refractivity (Wildman–Crippen MR) is 71.6 cm³/mol. The van der Waals surface area contributed by atoms with Crippen molar-refractivity contribution in [2.24, 2.45) is 0 Å². The molecule has 2 heterocycles. The number of rotatable bonds is 5. The highest BCUT2D eigenvalue weighted by atomic mass is 35.5. The molecule has 0 saturated carbocycles. The van der Waals surface area contributed by atoms with Crippen LogP contribution in [0.3, 0.4) is 0 Å². The van der Waals surface area contributed by atoms with E-state index in [0.29, 0.717) is 18.1 Å². The van der Waals surface area contributed by atoms with E-state index in [0.717, 1.165) is 6.20 Å². The molecule has 2 aromatic heterocycles. The fourth-order valence-electron chi connectivity index (χ4n) is 1.40. The SMILES string of the molecule is Cc1nc(CCNS(=O)(=O)c2cnc(N)c(Cl)c2)no1. The summed E-state index contributed by atoms with van der Waals surface area (Å²) < 4.78 is 31.1. The largest absolute Gasteiger partial charge is 0.382 e. The van der Waals surface area contributed by atoms with Gasteiger partial charge in [-0.3, -0.25) is 0 Å². The Kier molecular flexibility index (Phi) is 4.21. The Balaban J connectivity index is 2.02. The van der Waals surface area contributed by atoms with Gasteiger partial charge in [0.25, 0.3) is 0 Å². The molecule has 2 aromatic rings. The number of nitrogens with two attached hydrogens (primary N) is 1. The van der Waals surface area contributed by atoms with Crippen LogP contribution in [0.25, 0.3) is 0 Å². The van der Waals surface area contributed by atoms with Gasteiger partial charge in [-0.2, -0.15) is 4.98 Å². The average Bonchev–Trinajstić information content (AvgIpc) is 2.78. The molecule has 0 spiro atoms. The first-order valence-electron chi connectivity index (χ1n) is 5.58. The first kappa shape index (κ1) is 14.7. The number of hydrogen-bond acceptors (Lipinski definition) is 7. The summed E-state index contributed by atoms with van der Waals surface area (Å²) in [6.45, 7) is 1.78. The van der Waals surface area contributed by atoms with Crippen LogP contribution < -0.4 is 10.5 Å². The van der Waals surface area contributed by atoms with Crippen molar-refractivity contribution in [1.29, 1.82) is 0 Å². The van der Waals surface area contributed by atoms with Crippen LogP contribution in [-0.4, -0.2) is 30.1 Å². The molecule has 108 valence electrons. The van der Waals surface area contributed by atoms with Crippen molar-refractivity contribution in [3.63, 3.8) is 0 Å². The standard InChI is InChI=1S/C10H12ClN5O3S/c1-6-15-9(16-19-6)2-3-14-20(17,18)7-4-8(11)10(12)13-5-7/h4-5,14H,2-3H2,1H3,(H2,12,13). The molecule has 0 fully saturated rings. The predicted octanol–water partition coefficient (Wildman–Crippen LogP) is 0.530. The number of sulfonamides is 1. The summed E-state index contributed by atoms with van der Waals surface area (Å²) in [6.07, 6.45) is 1.45. The zero-order valence-corrected chi connectivity index (χ0v) is 12.1. The van der Waals surface area contributed by atoms with E-state index < -0.39 is 10.0 Å². The second-order valence-corrected chi connectivity index (χ2v) is 6.09. The lowest BCUT2D eigenvalue weighted by atomic mass is 10.4. The van der Waals surface area contributed by atoms with Crippen LogP contribution >= 0.6 is 11.6 Å². The minimum atomic E-state index is -3.70. The summed E-state index contributed by atoms with van der Waals surface area (Å²) >= 11 is 5.74. The Morgan fingerprint density at radius 2 is 2.25 bits per heavy atom. The van der Waals surface area contributed by atoms with E-state index in [2.05, 4.69) is 19.8 Å². The van der Waals surface area contributed by atoms with Crippen molar-refractivity contribution in [2.75, 3.05) is 12.3 Å². The van der Waals surface area contributed by atoms with Crippen molar-refractivity contribution in [1.82, 2.24) is 19.8 Å². The number of nitrogen functional groups attached to an aromatic ring is 1. The van der Waals surface area contributed by atoms with Crippen molar-refractivity contribution in [3.8, 4) is 0 Å². The van der Waals surface area contributed by atoms with Crippen molar-refractivity contribution in [2.45, 2.75) is 18.2 Å². The molecule has 0 radical (unpaired) electrons. The molecule has 0 aliphatic rings. The minimum Gasteiger partial charge on any atom is -0.382 e. The average molecular weight is 318 g/mol. The molecule has 2 rings (SSSR count). The van der Waals surface area contributed by atoms with Crippen LogP contribution in [0.1, 0.15) is 11.7 Å². The highest BCUT2D eigenvalue weighted by Gasteiger charge is 2.16. The second-order valence-electron chi connectivity index (χ2n) is 3.92. The third kappa shape index (κ3) is 3.44. The van der Waals surface area contributed by atoms with Crippen LogP contribution in [0, 0.1) is 6.92 Å². The maximum atomic E-state index is 12.0. The summed E-state index contributed by atoms with van der Waals surface area (Å²) in [5, 5.41) is 3.75. The zero-order valence-electron chi connectivity index (χ0n) is 10.5. The second kappa shape index (κ2) is 5.73. The highest BCUT2D eigenvalue weighted by Crippen LogP contribution is 2.19. The van der Waals surface area contributed by atoms with Gasteiger partial charge in [-0.1, -0.05) is 16.8 Å². The quantitative estimate of drug-likeness (QED) is 0.824. The number of pyridine rings is 1. The fraction of sp³-hybridized carbons (Fsp3) is 0.300. The number of aromatic nitrogens is 3. The van der Waals surface area contributed by atoms with Gasteiger partial charge in [0, 0.05) is 26.1 Å². The van der Waals surface area contributed by atoms with E-state index in [9.17, 15) is 8.42 Å². The first-order chi connectivity index (χ1) is 9.38. The van der Waals surface area contributed by atoms with Crippen LogP contribution in [0.4, 0.5) is 5.82 Å². The van der Waals surface area contributed by atoms with Crippen molar-refractivity contribution in [3.05, 3.63) is 29.0 Å². The maximum Gasteiger partial charge on any atom is 0.242 e. The zero-order chi connectivity index (χ0) is 14.8. The van der Waals surface area contributed by atoms with Gasteiger partial charge in [0.1, 0.15) is 10.7 Å². The van der Waals surface area contributed by atoms with E-state index in [4.69, 9.17) is 21.9 Å². The van der Waals surface area contributed by atoms with Gasteiger partial charge in [0.05, 0.1) is 5.02 Å². The van der Waals surface area contributed by atoms with E-state index in [1.165, 1.54) is 6.07 Å². The molecule has 8 nitrogen and oxygen atoms in total. The number of aryl methyl sites for hydroxylation is 1. The van der Waals surface area contributed by atoms with Crippen LogP contribution in [0.5, 0.6) is 0 Å². The van der Waals surface area contributed by atoms with E-state index in [-0.39, 0.29) is 22.3 Å². The Morgan fingerprint density at radius 1 is 1.50 bits per heavy atom. The normalized spacial score (nSPS) is 11.7. The summed E-state index contributed by atoms with van der Waals surface area (Å²) in [6, 6.07) is 1.24. The molecule has 0 saturated heterocycles. The summed E-state index contributed by atoms with van der Waals surface area (Å²) in [4.78, 5) is 7.61. The van der Waals surface area contributed by atoms with Gasteiger partial charge in [-0.05, 0) is 6.07 Å². The van der Waals surface area contributed by atoms with Crippen molar-refractivity contribution >= 4 is 27.4 Å². The molecule has 0 amide bonds. The molecule has 20 heavy (non-hydrogen) atoms. The summed E-state index contributed by atoms with van der Waals surface area (Å²) in [7, 11) is -3.70. The number of halogens is 1. The third-order valence-corrected chi connectivity index (χ3v) is 4.10. The lowest BCUT2D eigenvalue weighted by molar-refractivity contribution is 0.387. The molecule has 0 atom stereocenters. The van der Waals surface area contributed by atoms with Gasteiger partial charge in [0.15, 0.2) is 5.82 Å². The minimum absolute atomic E-state index is 0.0546. The third-order valence-electron chi connectivity index (χ3n) is 2.37. The Bertz CT molecular complexity index is 715.